The lowest BCUT2D eigenvalue weighted by molar-refractivity contribution is -0.140. The molecular formula is C24H20O6. The highest BCUT2D eigenvalue weighted by Crippen LogP contribution is 2.27. The monoisotopic (exact) mass is 404 g/mol. The number of ether oxygens (including phenoxy) is 1. The standard InChI is InChI=1S/C24H20O6/c25-22(26)15-20(24(28)29)18(13-16-7-2-1-3-8-16)14-23(27)30-21-12-6-10-17-9-4-5-11-19(17)21/h1-12H,13-15H2,(H,25,26)(H,28,29). The lowest BCUT2D eigenvalue weighted by atomic mass is 9.95. The Kier molecular flexibility index (Phi) is 6.60. The minimum Gasteiger partial charge on any atom is -0.481 e. The second kappa shape index (κ2) is 9.52. The van der Waals surface area contributed by atoms with Crippen LogP contribution in [0.5, 0.6) is 5.75 Å². The summed E-state index contributed by atoms with van der Waals surface area (Å²) in [6, 6.07) is 21.7. The van der Waals surface area contributed by atoms with Gasteiger partial charge < -0.3 is 14.9 Å². The van der Waals surface area contributed by atoms with E-state index in [1.807, 2.05) is 36.4 Å². The number of carboxylic acid groups (broad SMARTS) is 2. The van der Waals surface area contributed by atoms with Gasteiger partial charge in [-0.3, -0.25) is 9.59 Å². The van der Waals surface area contributed by atoms with Crippen LogP contribution in [0.1, 0.15) is 18.4 Å². The average Bonchev–Trinajstić information content (AvgIpc) is 2.72. The Labute approximate surface area is 173 Å². The maximum absolute atomic E-state index is 12.7. The number of fused-ring (bicyclic) bond motifs is 1. The molecule has 0 saturated carbocycles. The van der Waals surface area contributed by atoms with Crippen LogP contribution < -0.4 is 4.74 Å². The Morgan fingerprint density at radius 3 is 2.13 bits per heavy atom. The van der Waals surface area contributed by atoms with E-state index in [4.69, 9.17) is 9.84 Å². The van der Waals surface area contributed by atoms with Gasteiger partial charge >= 0.3 is 17.9 Å². The van der Waals surface area contributed by atoms with Crippen molar-refractivity contribution in [2.75, 3.05) is 0 Å². The van der Waals surface area contributed by atoms with Crippen molar-refractivity contribution < 1.29 is 29.3 Å². The maximum atomic E-state index is 12.7. The van der Waals surface area contributed by atoms with E-state index in [9.17, 15) is 19.5 Å². The number of aliphatic carboxylic acids is 2. The van der Waals surface area contributed by atoms with Gasteiger partial charge in [0, 0.05) is 11.0 Å². The molecule has 0 aromatic heterocycles. The molecule has 0 amide bonds. The van der Waals surface area contributed by atoms with Crippen molar-refractivity contribution in [3.8, 4) is 5.75 Å². The predicted octanol–water partition coefficient (Wildman–Crippen LogP) is 4.23. The summed E-state index contributed by atoms with van der Waals surface area (Å²) in [5, 5.41) is 20.3. The molecule has 152 valence electrons. The van der Waals surface area contributed by atoms with Crippen molar-refractivity contribution >= 4 is 28.7 Å². The van der Waals surface area contributed by atoms with Crippen LogP contribution in [0.2, 0.25) is 0 Å². The maximum Gasteiger partial charge on any atom is 0.332 e. The van der Waals surface area contributed by atoms with Gasteiger partial charge in [0.1, 0.15) is 5.75 Å². The molecule has 0 aliphatic rings. The molecule has 0 radical (unpaired) electrons. The van der Waals surface area contributed by atoms with E-state index in [2.05, 4.69) is 0 Å². The Balaban J connectivity index is 1.90. The Hall–Kier alpha value is -3.93. The van der Waals surface area contributed by atoms with Crippen molar-refractivity contribution in [2.45, 2.75) is 19.3 Å². The van der Waals surface area contributed by atoms with Gasteiger partial charge in [-0.25, -0.2) is 4.79 Å². The number of rotatable bonds is 8. The molecule has 0 unspecified atom stereocenters. The van der Waals surface area contributed by atoms with Crippen LogP contribution >= 0.6 is 0 Å². The number of hydrogen-bond acceptors (Lipinski definition) is 4. The lowest BCUT2D eigenvalue weighted by Gasteiger charge is -2.13. The summed E-state index contributed by atoms with van der Waals surface area (Å²) in [5.74, 6) is -2.92. The minimum absolute atomic E-state index is 0.139. The smallest absolute Gasteiger partial charge is 0.332 e. The second-order valence-corrected chi connectivity index (χ2v) is 6.75. The van der Waals surface area contributed by atoms with E-state index in [1.165, 1.54) is 0 Å². The van der Waals surface area contributed by atoms with Crippen molar-refractivity contribution in [1.82, 2.24) is 0 Å². The first-order valence-electron chi connectivity index (χ1n) is 9.32. The van der Waals surface area contributed by atoms with E-state index in [1.54, 1.807) is 36.4 Å². The average molecular weight is 404 g/mol. The molecule has 30 heavy (non-hydrogen) atoms. The summed E-state index contributed by atoms with van der Waals surface area (Å²) >= 11 is 0. The number of benzene rings is 3. The van der Waals surface area contributed by atoms with Crippen LogP contribution in [-0.4, -0.2) is 28.1 Å². The van der Waals surface area contributed by atoms with Crippen molar-refractivity contribution in [1.29, 1.82) is 0 Å². The molecule has 3 rings (SSSR count). The fourth-order valence-electron chi connectivity index (χ4n) is 3.24. The summed E-state index contributed by atoms with van der Waals surface area (Å²) in [7, 11) is 0. The number of esters is 1. The first-order chi connectivity index (χ1) is 14.4. The third-order valence-corrected chi connectivity index (χ3v) is 4.60. The molecule has 0 aliphatic heterocycles. The Bertz CT molecular complexity index is 1110. The molecule has 0 heterocycles. The zero-order valence-corrected chi connectivity index (χ0v) is 16.1. The molecule has 0 aliphatic carbocycles. The summed E-state index contributed by atoms with van der Waals surface area (Å²) in [6.45, 7) is 0. The van der Waals surface area contributed by atoms with Crippen LogP contribution in [0.25, 0.3) is 10.8 Å². The van der Waals surface area contributed by atoms with E-state index in [0.29, 0.717) is 5.75 Å². The van der Waals surface area contributed by atoms with Gasteiger partial charge in [0.05, 0.1) is 12.8 Å². The Morgan fingerprint density at radius 1 is 0.767 bits per heavy atom. The predicted molar refractivity (Wildman–Crippen MR) is 111 cm³/mol. The summed E-state index contributed by atoms with van der Waals surface area (Å²) in [4.78, 5) is 35.6. The highest BCUT2D eigenvalue weighted by atomic mass is 16.5. The van der Waals surface area contributed by atoms with Gasteiger partial charge in [0.15, 0.2) is 0 Å². The van der Waals surface area contributed by atoms with E-state index >= 15 is 0 Å². The topological polar surface area (TPSA) is 101 Å². The lowest BCUT2D eigenvalue weighted by Crippen LogP contribution is -2.16. The van der Waals surface area contributed by atoms with E-state index in [0.717, 1.165) is 16.3 Å². The van der Waals surface area contributed by atoms with Gasteiger partial charge in [-0.2, -0.15) is 0 Å². The minimum atomic E-state index is -1.36. The van der Waals surface area contributed by atoms with Crippen molar-refractivity contribution in [3.63, 3.8) is 0 Å². The quantitative estimate of drug-likeness (QED) is 0.331. The molecule has 2 N–H and O–H groups in total. The van der Waals surface area contributed by atoms with E-state index < -0.39 is 24.3 Å². The van der Waals surface area contributed by atoms with Gasteiger partial charge in [-0.05, 0) is 29.0 Å². The molecule has 6 heteroatoms. The molecule has 0 atom stereocenters. The number of carboxylic acids is 2. The number of hydrogen-bond donors (Lipinski definition) is 2. The zero-order valence-electron chi connectivity index (χ0n) is 16.1. The van der Waals surface area contributed by atoms with Crippen molar-refractivity contribution in [2.24, 2.45) is 0 Å². The molecule has 0 fully saturated rings. The molecule has 3 aromatic rings. The fourth-order valence-corrected chi connectivity index (χ4v) is 3.24. The van der Waals surface area contributed by atoms with Gasteiger partial charge in [0.25, 0.3) is 0 Å². The molecule has 0 bridgehead atoms. The number of carbonyl (C=O) groups excluding carboxylic acids is 1. The van der Waals surface area contributed by atoms with Crippen LogP contribution in [0.15, 0.2) is 83.9 Å². The second-order valence-electron chi connectivity index (χ2n) is 6.75. The normalized spacial score (nSPS) is 11.6. The van der Waals surface area contributed by atoms with E-state index in [-0.39, 0.29) is 24.0 Å². The molecule has 0 saturated heterocycles. The van der Waals surface area contributed by atoms with Crippen LogP contribution in [0, 0.1) is 0 Å². The summed E-state index contributed by atoms with van der Waals surface area (Å²) in [6.07, 6.45) is -0.869. The molecule has 6 nitrogen and oxygen atoms in total. The highest BCUT2D eigenvalue weighted by Gasteiger charge is 2.21. The third kappa shape index (κ3) is 5.32. The molecular weight excluding hydrogens is 384 g/mol. The van der Waals surface area contributed by atoms with Crippen LogP contribution in [-0.2, 0) is 20.8 Å². The first-order valence-corrected chi connectivity index (χ1v) is 9.32. The summed E-state index contributed by atoms with van der Waals surface area (Å²) < 4.78 is 5.52. The molecule has 0 spiro atoms. The zero-order chi connectivity index (χ0) is 21.5. The van der Waals surface area contributed by atoms with Crippen LogP contribution in [0.3, 0.4) is 0 Å². The van der Waals surface area contributed by atoms with Crippen molar-refractivity contribution in [3.05, 3.63) is 89.5 Å². The number of carbonyl (C=O) groups is 3. The van der Waals surface area contributed by atoms with Gasteiger partial charge in [0.2, 0.25) is 0 Å². The summed E-state index contributed by atoms with van der Waals surface area (Å²) in [5.41, 5.74) is 0.678. The third-order valence-electron chi connectivity index (χ3n) is 4.60. The SMILES string of the molecule is O=C(O)CC(C(=O)O)=C(CC(=O)Oc1cccc2ccccc12)Cc1ccccc1. The van der Waals surface area contributed by atoms with Crippen LogP contribution in [0.4, 0.5) is 0 Å². The highest BCUT2D eigenvalue weighted by molar-refractivity contribution is 5.95. The van der Waals surface area contributed by atoms with Gasteiger partial charge in [-0.1, -0.05) is 66.7 Å². The fraction of sp³-hybridized carbons (Fsp3) is 0.125. The largest absolute Gasteiger partial charge is 0.481 e. The molecule has 3 aromatic carbocycles. The first kappa shape index (κ1) is 20.8. The Morgan fingerprint density at radius 2 is 1.43 bits per heavy atom. The van der Waals surface area contributed by atoms with Gasteiger partial charge in [-0.15, -0.1) is 0 Å².